The molecule has 2 heterocycles. The molecule has 2 aliphatic carbocycles. The fraction of sp³-hybridized carbons (Fsp3) is 0.913. The second kappa shape index (κ2) is 9.15. The average Bonchev–Trinajstić information content (AvgIpc) is 3.30. The summed E-state index contributed by atoms with van der Waals surface area (Å²) in [6, 6.07) is 0. The molecule has 1 unspecified atom stereocenters. The Balaban J connectivity index is 1.46. The molecule has 1 amide bonds. The van der Waals surface area contributed by atoms with Crippen molar-refractivity contribution in [3.05, 3.63) is 0 Å². The van der Waals surface area contributed by atoms with Crippen LogP contribution in [0.4, 0.5) is 0 Å². The predicted octanol–water partition coefficient (Wildman–Crippen LogP) is 4.03. The first-order chi connectivity index (χ1) is 13.7. The SMILES string of the molecule is N=C1NC(CC2CCCCC2)(CC2CCCCC2)C(=O)N1CCC1CCNC1. The Hall–Kier alpha value is -1.10. The maximum atomic E-state index is 13.7. The van der Waals surface area contributed by atoms with Crippen molar-refractivity contribution >= 4 is 11.9 Å². The second-order valence-corrected chi connectivity index (χ2v) is 10.1. The smallest absolute Gasteiger partial charge is 0.255 e. The monoisotopic (exact) mass is 388 g/mol. The van der Waals surface area contributed by atoms with Crippen molar-refractivity contribution in [2.24, 2.45) is 17.8 Å². The first-order valence-electron chi connectivity index (χ1n) is 12.1. The van der Waals surface area contributed by atoms with Crippen LogP contribution in [0.3, 0.4) is 0 Å². The summed E-state index contributed by atoms with van der Waals surface area (Å²) in [5, 5.41) is 15.5. The van der Waals surface area contributed by atoms with Crippen LogP contribution in [-0.2, 0) is 4.79 Å². The van der Waals surface area contributed by atoms with E-state index in [1.807, 2.05) is 0 Å². The number of amides is 1. The molecule has 2 saturated heterocycles. The van der Waals surface area contributed by atoms with E-state index in [2.05, 4.69) is 10.6 Å². The Bertz CT molecular complexity index is 525. The standard InChI is InChI=1S/C23H40N4O/c24-22-26-23(15-18-7-3-1-4-8-18,16-19-9-5-2-6-10-19)21(28)27(22)14-12-20-11-13-25-17-20/h18-20,25H,1-17H2,(H2,24,26). The molecular formula is C23H40N4O. The van der Waals surface area contributed by atoms with Crippen molar-refractivity contribution in [2.75, 3.05) is 19.6 Å². The third-order valence-corrected chi connectivity index (χ3v) is 7.93. The van der Waals surface area contributed by atoms with Gasteiger partial charge < -0.3 is 10.6 Å². The zero-order valence-corrected chi connectivity index (χ0v) is 17.6. The van der Waals surface area contributed by atoms with Crippen LogP contribution >= 0.6 is 0 Å². The summed E-state index contributed by atoms with van der Waals surface area (Å²) in [7, 11) is 0. The van der Waals surface area contributed by atoms with Gasteiger partial charge in [0, 0.05) is 6.54 Å². The van der Waals surface area contributed by atoms with Gasteiger partial charge in [0.05, 0.1) is 0 Å². The summed E-state index contributed by atoms with van der Waals surface area (Å²) in [6.07, 6.45) is 17.2. The molecule has 0 aromatic carbocycles. The molecule has 0 aromatic heterocycles. The molecule has 0 bridgehead atoms. The summed E-state index contributed by atoms with van der Waals surface area (Å²) in [5.41, 5.74) is -0.491. The molecule has 2 aliphatic heterocycles. The van der Waals surface area contributed by atoms with Gasteiger partial charge in [-0.25, -0.2) is 0 Å². The molecule has 3 N–H and O–H groups in total. The number of nitrogens with zero attached hydrogens (tertiary/aromatic N) is 1. The maximum Gasteiger partial charge on any atom is 0.255 e. The van der Waals surface area contributed by atoms with Crippen molar-refractivity contribution in [3.8, 4) is 0 Å². The number of carbonyl (C=O) groups is 1. The molecule has 4 rings (SSSR count). The van der Waals surface area contributed by atoms with E-state index in [4.69, 9.17) is 5.41 Å². The van der Waals surface area contributed by atoms with Gasteiger partial charge in [-0.2, -0.15) is 0 Å². The zero-order valence-electron chi connectivity index (χ0n) is 17.6. The first-order valence-corrected chi connectivity index (χ1v) is 12.1. The molecule has 0 radical (unpaired) electrons. The van der Waals surface area contributed by atoms with E-state index in [0.29, 0.717) is 30.3 Å². The van der Waals surface area contributed by atoms with E-state index < -0.39 is 5.54 Å². The topological polar surface area (TPSA) is 68.2 Å². The fourth-order valence-corrected chi connectivity index (χ4v) is 6.32. The van der Waals surface area contributed by atoms with Crippen LogP contribution in [0.5, 0.6) is 0 Å². The Morgan fingerprint density at radius 3 is 2.04 bits per heavy atom. The zero-order chi connectivity index (χ0) is 19.4. The predicted molar refractivity (Wildman–Crippen MR) is 113 cm³/mol. The fourth-order valence-electron chi connectivity index (χ4n) is 6.32. The van der Waals surface area contributed by atoms with E-state index in [1.54, 1.807) is 4.90 Å². The number of hydrogen-bond donors (Lipinski definition) is 3. The van der Waals surface area contributed by atoms with Gasteiger partial charge in [-0.1, -0.05) is 64.2 Å². The molecule has 5 heteroatoms. The molecular weight excluding hydrogens is 348 g/mol. The van der Waals surface area contributed by atoms with Crippen molar-refractivity contribution in [1.82, 2.24) is 15.5 Å². The van der Waals surface area contributed by atoms with E-state index in [9.17, 15) is 4.79 Å². The summed E-state index contributed by atoms with van der Waals surface area (Å²) in [6.45, 7) is 2.88. The third-order valence-electron chi connectivity index (χ3n) is 7.93. The second-order valence-electron chi connectivity index (χ2n) is 10.1. The van der Waals surface area contributed by atoms with Crippen molar-refractivity contribution in [2.45, 2.75) is 95.4 Å². The lowest BCUT2D eigenvalue weighted by atomic mass is 9.73. The molecule has 5 nitrogen and oxygen atoms in total. The van der Waals surface area contributed by atoms with Gasteiger partial charge in [0.2, 0.25) is 0 Å². The van der Waals surface area contributed by atoms with E-state index in [-0.39, 0.29) is 5.91 Å². The number of hydrogen-bond acceptors (Lipinski definition) is 3. The van der Waals surface area contributed by atoms with Gasteiger partial charge in [0.15, 0.2) is 5.96 Å². The highest BCUT2D eigenvalue weighted by atomic mass is 16.2. The molecule has 4 aliphatic rings. The van der Waals surface area contributed by atoms with Crippen LogP contribution in [0, 0.1) is 23.2 Å². The van der Waals surface area contributed by atoms with Crippen LogP contribution in [0.15, 0.2) is 0 Å². The third kappa shape index (κ3) is 4.55. The highest BCUT2D eigenvalue weighted by Crippen LogP contribution is 2.40. The van der Waals surface area contributed by atoms with E-state index in [0.717, 1.165) is 32.4 Å². The van der Waals surface area contributed by atoms with Crippen LogP contribution in [0.2, 0.25) is 0 Å². The van der Waals surface area contributed by atoms with Gasteiger partial charge in [-0.15, -0.1) is 0 Å². The lowest BCUT2D eigenvalue weighted by Crippen LogP contribution is -2.50. The summed E-state index contributed by atoms with van der Waals surface area (Å²) < 4.78 is 0. The van der Waals surface area contributed by atoms with Crippen LogP contribution in [-0.4, -0.2) is 41.9 Å². The van der Waals surface area contributed by atoms with Gasteiger partial charge in [-0.05, 0) is 56.5 Å². The largest absolute Gasteiger partial charge is 0.342 e. The average molecular weight is 389 g/mol. The molecule has 4 fully saturated rings. The van der Waals surface area contributed by atoms with Crippen LogP contribution < -0.4 is 10.6 Å². The molecule has 28 heavy (non-hydrogen) atoms. The minimum Gasteiger partial charge on any atom is -0.342 e. The number of rotatable bonds is 7. The number of guanidine groups is 1. The Morgan fingerprint density at radius 1 is 0.893 bits per heavy atom. The Labute approximate surface area is 170 Å². The summed E-state index contributed by atoms with van der Waals surface area (Å²) in [5.74, 6) is 2.57. The minimum absolute atomic E-state index is 0.222. The summed E-state index contributed by atoms with van der Waals surface area (Å²) >= 11 is 0. The molecule has 0 spiro atoms. The Kier molecular flexibility index (Phi) is 6.59. The summed E-state index contributed by atoms with van der Waals surface area (Å²) in [4.78, 5) is 15.5. The van der Waals surface area contributed by atoms with Crippen molar-refractivity contribution < 1.29 is 4.79 Å². The van der Waals surface area contributed by atoms with Crippen LogP contribution in [0.1, 0.15) is 89.9 Å². The molecule has 158 valence electrons. The Morgan fingerprint density at radius 2 is 1.50 bits per heavy atom. The normalized spacial score (nSPS) is 29.4. The van der Waals surface area contributed by atoms with E-state index >= 15 is 0 Å². The van der Waals surface area contributed by atoms with Crippen molar-refractivity contribution in [1.29, 1.82) is 5.41 Å². The highest BCUT2D eigenvalue weighted by Gasteiger charge is 2.51. The quantitative estimate of drug-likeness (QED) is 0.617. The lowest BCUT2D eigenvalue weighted by Gasteiger charge is -2.36. The number of nitrogens with one attached hydrogen (secondary N) is 3. The molecule has 2 saturated carbocycles. The van der Waals surface area contributed by atoms with Gasteiger partial charge in [0.25, 0.3) is 5.91 Å². The highest BCUT2D eigenvalue weighted by molar-refractivity contribution is 6.07. The van der Waals surface area contributed by atoms with Crippen molar-refractivity contribution in [3.63, 3.8) is 0 Å². The molecule has 0 aromatic rings. The first kappa shape index (κ1) is 20.2. The number of carbonyl (C=O) groups excluding carboxylic acids is 1. The molecule has 1 atom stereocenters. The minimum atomic E-state index is -0.491. The van der Waals surface area contributed by atoms with E-state index in [1.165, 1.54) is 70.6 Å². The van der Waals surface area contributed by atoms with Gasteiger partial charge >= 0.3 is 0 Å². The van der Waals surface area contributed by atoms with Gasteiger partial charge in [0.1, 0.15) is 5.54 Å². The van der Waals surface area contributed by atoms with Crippen LogP contribution in [0.25, 0.3) is 0 Å². The lowest BCUT2D eigenvalue weighted by molar-refractivity contribution is -0.132. The maximum absolute atomic E-state index is 13.7. The van der Waals surface area contributed by atoms with Gasteiger partial charge in [-0.3, -0.25) is 15.1 Å².